The highest BCUT2D eigenvalue weighted by Gasteiger charge is 2.32. The minimum absolute atomic E-state index is 0.131. The lowest BCUT2D eigenvalue weighted by Crippen LogP contribution is -2.40. The number of carboxylic acid groups (broad SMARTS) is 1. The van der Waals surface area contributed by atoms with E-state index in [1.54, 1.807) is 25.1 Å². The van der Waals surface area contributed by atoms with Gasteiger partial charge < -0.3 is 25.8 Å². The summed E-state index contributed by atoms with van der Waals surface area (Å²) < 4.78 is 4.89. The highest BCUT2D eigenvalue weighted by Crippen LogP contribution is 2.21. The first-order valence-corrected chi connectivity index (χ1v) is 12.7. The summed E-state index contributed by atoms with van der Waals surface area (Å²) in [5, 5.41) is 11.6. The number of ether oxygens (including phenoxy) is 1. The molecule has 1 unspecified atom stereocenters. The number of carbonyl (C=O) groups excluding carboxylic acids is 3. The molecule has 1 aliphatic heterocycles. The van der Waals surface area contributed by atoms with Gasteiger partial charge in [0.05, 0.1) is 12.5 Å². The van der Waals surface area contributed by atoms with Gasteiger partial charge in [-0.1, -0.05) is 35.3 Å². The van der Waals surface area contributed by atoms with Gasteiger partial charge in [-0.05, 0) is 43.2 Å². The monoisotopic (exact) mass is 556 g/mol. The van der Waals surface area contributed by atoms with Crippen LogP contribution in [0.15, 0.2) is 36.4 Å². The molecule has 2 heterocycles. The molecule has 194 valence electrons. The van der Waals surface area contributed by atoms with Crippen molar-refractivity contribution in [2.75, 3.05) is 23.6 Å². The fraction of sp³-hybridized carbons (Fsp3) is 0.348. The predicted octanol–water partition coefficient (Wildman–Crippen LogP) is 3.07. The van der Waals surface area contributed by atoms with Gasteiger partial charge in [0.25, 0.3) is 5.91 Å². The van der Waals surface area contributed by atoms with Crippen molar-refractivity contribution in [3.05, 3.63) is 57.8 Å². The summed E-state index contributed by atoms with van der Waals surface area (Å²) in [6, 6.07) is 8.50. The maximum absolute atomic E-state index is 12.3. The first kappa shape index (κ1) is 29.4. The average molecular weight is 557 g/mol. The zero-order valence-corrected chi connectivity index (χ0v) is 21.9. The molecule has 3 rings (SSSR count). The Bertz CT molecular complexity index is 1080. The maximum Gasteiger partial charge on any atom is 0.327 e. The van der Waals surface area contributed by atoms with Crippen molar-refractivity contribution < 1.29 is 29.0 Å². The number of nitrogens with two attached hydrogens (primary N) is 1. The number of esters is 1. The summed E-state index contributed by atoms with van der Waals surface area (Å²) in [6.45, 7) is 3.39. The van der Waals surface area contributed by atoms with Crippen LogP contribution in [0.1, 0.15) is 29.8 Å². The van der Waals surface area contributed by atoms with Gasteiger partial charge in [0, 0.05) is 23.9 Å². The second-order valence-electron chi connectivity index (χ2n) is 7.56. The number of amides is 2. The second-order valence-corrected chi connectivity index (χ2v) is 9.34. The fourth-order valence-electron chi connectivity index (χ4n) is 3.12. The third-order valence-electron chi connectivity index (χ3n) is 4.83. The maximum atomic E-state index is 12.3. The minimum Gasteiger partial charge on any atom is -0.480 e. The number of nitrogens with one attached hydrogen (secondary N) is 1. The Morgan fingerprint density at radius 1 is 1.25 bits per heavy atom. The number of aliphatic carboxylic acids is 1. The SMILES string of the molecule is CC(=O)N1CSC[C@@H]1C(=O)O.CCOC(=O)C(N)Cc1cccc(NC(=O)c2cc(Cl)nc(Cl)c2)c1. The molecule has 10 nitrogen and oxygen atoms in total. The first-order valence-electron chi connectivity index (χ1n) is 10.7. The smallest absolute Gasteiger partial charge is 0.327 e. The van der Waals surface area contributed by atoms with Gasteiger partial charge in [-0.3, -0.25) is 14.4 Å². The Kier molecular flexibility index (Phi) is 11.4. The van der Waals surface area contributed by atoms with Gasteiger partial charge in [0.2, 0.25) is 5.91 Å². The van der Waals surface area contributed by atoms with Crippen molar-refractivity contribution in [2.45, 2.75) is 32.4 Å². The van der Waals surface area contributed by atoms with Crippen LogP contribution >= 0.6 is 35.0 Å². The number of rotatable bonds is 7. The number of benzene rings is 1. The van der Waals surface area contributed by atoms with Gasteiger partial charge in [-0.2, -0.15) is 0 Å². The Morgan fingerprint density at radius 3 is 2.47 bits per heavy atom. The number of hydrogen-bond donors (Lipinski definition) is 3. The van der Waals surface area contributed by atoms with Crippen molar-refractivity contribution in [3.8, 4) is 0 Å². The van der Waals surface area contributed by atoms with Gasteiger partial charge in [-0.15, -0.1) is 11.8 Å². The van der Waals surface area contributed by atoms with E-state index in [0.29, 0.717) is 29.3 Å². The van der Waals surface area contributed by atoms with Crippen LogP contribution in [0.5, 0.6) is 0 Å². The molecule has 4 N–H and O–H groups in total. The molecule has 1 fully saturated rings. The van der Waals surface area contributed by atoms with Crippen LogP contribution in [-0.2, 0) is 25.5 Å². The number of anilines is 1. The van der Waals surface area contributed by atoms with E-state index in [2.05, 4.69) is 10.3 Å². The number of carbonyl (C=O) groups is 4. The number of aromatic nitrogens is 1. The molecule has 2 atom stereocenters. The number of halogens is 2. The molecule has 2 aromatic rings. The third-order valence-corrected chi connectivity index (χ3v) is 6.23. The molecular formula is C23H26Cl2N4O6S. The van der Waals surface area contributed by atoms with E-state index in [0.717, 1.165) is 5.56 Å². The topological polar surface area (TPSA) is 152 Å². The van der Waals surface area contributed by atoms with Crippen LogP contribution in [0.2, 0.25) is 10.3 Å². The Labute approximate surface area is 222 Å². The van der Waals surface area contributed by atoms with Gasteiger partial charge >= 0.3 is 11.9 Å². The van der Waals surface area contributed by atoms with E-state index in [9.17, 15) is 19.2 Å². The standard InChI is InChI=1S/C17H17Cl2N3O3.C6H9NO3S/c1-2-25-17(24)13(20)7-10-4-3-5-12(6-10)21-16(23)11-8-14(18)22-15(19)9-11;1-4(8)7-3-11-2-5(7)6(9)10/h3-6,8-9,13H,2,7,20H2,1H3,(H,21,23);5H,2-3H2,1H3,(H,9,10)/t;5-/m.1/s1. The molecule has 1 saturated heterocycles. The van der Waals surface area contributed by atoms with Crippen molar-refractivity contribution in [1.29, 1.82) is 0 Å². The molecule has 1 aromatic carbocycles. The Morgan fingerprint density at radius 2 is 1.92 bits per heavy atom. The second kappa shape index (κ2) is 14.0. The van der Waals surface area contributed by atoms with E-state index in [1.807, 2.05) is 6.07 Å². The van der Waals surface area contributed by atoms with Gasteiger partial charge in [0.1, 0.15) is 22.4 Å². The third kappa shape index (κ3) is 8.98. The zero-order chi connectivity index (χ0) is 26.8. The summed E-state index contributed by atoms with van der Waals surface area (Å²) in [7, 11) is 0. The van der Waals surface area contributed by atoms with Crippen molar-refractivity contribution >= 4 is 64.4 Å². The molecule has 2 amide bonds. The first-order chi connectivity index (χ1) is 17.0. The Balaban J connectivity index is 0.000000346. The van der Waals surface area contributed by atoms with Crippen LogP contribution in [0.25, 0.3) is 0 Å². The summed E-state index contributed by atoms with van der Waals surface area (Å²) in [5.41, 5.74) is 7.46. The fourth-order valence-corrected chi connectivity index (χ4v) is 4.79. The van der Waals surface area contributed by atoms with Crippen molar-refractivity contribution in [1.82, 2.24) is 9.88 Å². The normalized spacial score (nSPS) is 15.4. The lowest BCUT2D eigenvalue weighted by atomic mass is 10.1. The van der Waals surface area contributed by atoms with Crippen LogP contribution in [0, 0.1) is 0 Å². The lowest BCUT2D eigenvalue weighted by molar-refractivity contribution is -0.147. The lowest BCUT2D eigenvalue weighted by Gasteiger charge is -2.17. The summed E-state index contributed by atoms with van der Waals surface area (Å²) in [4.78, 5) is 50.4. The number of thioether (sulfide) groups is 1. The number of pyridine rings is 1. The number of hydrogen-bond acceptors (Lipinski definition) is 8. The van der Waals surface area contributed by atoms with Gasteiger partial charge in [-0.25, -0.2) is 9.78 Å². The van der Waals surface area contributed by atoms with Crippen molar-refractivity contribution in [2.24, 2.45) is 5.73 Å². The van der Waals surface area contributed by atoms with E-state index < -0.39 is 24.0 Å². The quantitative estimate of drug-likeness (QED) is 0.345. The summed E-state index contributed by atoms with van der Waals surface area (Å²) in [6.07, 6.45) is 0.301. The van der Waals surface area contributed by atoms with E-state index >= 15 is 0 Å². The van der Waals surface area contributed by atoms with E-state index in [-0.39, 0.29) is 28.7 Å². The molecular weight excluding hydrogens is 531 g/mol. The molecule has 36 heavy (non-hydrogen) atoms. The minimum atomic E-state index is -0.912. The van der Waals surface area contributed by atoms with Crippen LogP contribution in [0.3, 0.4) is 0 Å². The Hall–Kier alpha value is -2.86. The zero-order valence-electron chi connectivity index (χ0n) is 19.6. The molecule has 0 aliphatic carbocycles. The van der Waals surface area contributed by atoms with Crippen LogP contribution < -0.4 is 11.1 Å². The molecule has 1 aliphatic rings. The highest BCUT2D eigenvalue weighted by molar-refractivity contribution is 7.99. The van der Waals surface area contributed by atoms with E-state index in [1.165, 1.54) is 35.7 Å². The molecule has 1 aromatic heterocycles. The molecule has 0 saturated carbocycles. The van der Waals surface area contributed by atoms with Crippen LogP contribution in [-0.4, -0.2) is 69.1 Å². The summed E-state index contributed by atoms with van der Waals surface area (Å²) in [5.74, 6) is -0.898. The summed E-state index contributed by atoms with van der Waals surface area (Å²) >= 11 is 13.1. The molecule has 0 bridgehead atoms. The predicted molar refractivity (Wildman–Crippen MR) is 138 cm³/mol. The highest BCUT2D eigenvalue weighted by atomic mass is 35.5. The molecule has 13 heteroatoms. The largest absolute Gasteiger partial charge is 0.480 e. The molecule has 0 spiro atoms. The average Bonchev–Trinajstić information content (AvgIpc) is 3.30. The van der Waals surface area contributed by atoms with Gasteiger partial charge in [0.15, 0.2) is 0 Å². The number of carboxylic acids is 1. The van der Waals surface area contributed by atoms with Crippen molar-refractivity contribution in [3.63, 3.8) is 0 Å². The van der Waals surface area contributed by atoms with Crippen LogP contribution in [0.4, 0.5) is 5.69 Å². The van der Waals surface area contributed by atoms with E-state index in [4.69, 9.17) is 38.8 Å². The number of nitrogens with zero attached hydrogens (tertiary/aromatic N) is 2. The molecule has 0 radical (unpaired) electrons.